The van der Waals surface area contributed by atoms with Crippen molar-refractivity contribution in [2.75, 3.05) is 11.9 Å². The standard InChI is InChI=1S/C28H23N3O2S/c29-17-25-24-15-16-31(18-20-7-3-1-4-8-20)19-26(24)34-28(25)30-27(32)21-11-13-23(14-12-21)33-22-9-5-2-6-10-22/h1-14H,15-16,18-19H2,(H,30,32). The van der Waals surface area contributed by atoms with Crippen LogP contribution in [0.2, 0.25) is 0 Å². The smallest absolute Gasteiger partial charge is 0.256 e. The van der Waals surface area contributed by atoms with E-state index in [0.717, 1.165) is 42.2 Å². The lowest BCUT2D eigenvalue weighted by molar-refractivity contribution is 0.102. The molecule has 0 saturated carbocycles. The molecule has 1 aliphatic heterocycles. The van der Waals surface area contributed by atoms with Crippen LogP contribution in [0.4, 0.5) is 5.00 Å². The van der Waals surface area contributed by atoms with Crippen molar-refractivity contribution in [1.29, 1.82) is 5.26 Å². The fourth-order valence-electron chi connectivity index (χ4n) is 4.11. The number of carbonyl (C=O) groups excluding carboxylic acids is 1. The summed E-state index contributed by atoms with van der Waals surface area (Å²) in [6.07, 6.45) is 0.808. The van der Waals surface area contributed by atoms with Gasteiger partial charge in [-0.05, 0) is 53.9 Å². The molecule has 2 heterocycles. The average molecular weight is 466 g/mol. The highest BCUT2D eigenvalue weighted by molar-refractivity contribution is 7.16. The van der Waals surface area contributed by atoms with Crippen LogP contribution >= 0.6 is 11.3 Å². The minimum Gasteiger partial charge on any atom is -0.457 e. The van der Waals surface area contributed by atoms with E-state index in [-0.39, 0.29) is 5.91 Å². The Morgan fingerprint density at radius 1 is 0.971 bits per heavy atom. The maximum absolute atomic E-state index is 12.9. The molecule has 4 aromatic rings. The van der Waals surface area contributed by atoms with Crippen molar-refractivity contribution >= 4 is 22.2 Å². The normalized spacial score (nSPS) is 13.0. The van der Waals surface area contributed by atoms with Crippen molar-refractivity contribution in [1.82, 2.24) is 4.90 Å². The van der Waals surface area contributed by atoms with Gasteiger partial charge in [0.25, 0.3) is 5.91 Å². The first-order chi connectivity index (χ1) is 16.7. The second kappa shape index (κ2) is 9.92. The molecule has 3 aromatic carbocycles. The molecule has 1 N–H and O–H groups in total. The summed E-state index contributed by atoms with van der Waals surface area (Å²) >= 11 is 1.51. The maximum atomic E-state index is 12.9. The number of benzene rings is 3. The Balaban J connectivity index is 1.27. The summed E-state index contributed by atoms with van der Waals surface area (Å²) in [6.45, 7) is 2.55. The van der Waals surface area contributed by atoms with E-state index in [1.165, 1.54) is 16.9 Å². The summed E-state index contributed by atoms with van der Waals surface area (Å²) in [7, 11) is 0. The van der Waals surface area contributed by atoms with Gasteiger partial charge in [-0.15, -0.1) is 11.3 Å². The Morgan fingerprint density at radius 2 is 1.65 bits per heavy atom. The van der Waals surface area contributed by atoms with Gasteiger partial charge in [0.15, 0.2) is 0 Å². The Hall–Kier alpha value is -3.92. The molecule has 34 heavy (non-hydrogen) atoms. The van der Waals surface area contributed by atoms with Crippen LogP contribution in [0, 0.1) is 11.3 Å². The predicted molar refractivity (Wildman–Crippen MR) is 134 cm³/mol. The van der Waals surface area contributed by atoms with E-state index in [9.17, 15) is 10.1 Å². The fourth-order valence-corrected chi connectivity index (χ4v) is 5.35. The van der Waals surface area contributed by atoms with E-state index in [1.807, 2.05) is 36.4 Å². The number of thiophene rings is 1. The number of ether oxygens (including phenoxy) is 1. The quantitative estimate of drug-likeness (QED) is 0.367. The minimum atomic E-state index is -0.234. The van der Waals surface area contributed by atoms with E-state index in [1.54, 1.807) is 24.3 Å². The van der Waals surface area contributed by atoms with Gasteiger partial charge < -0.3 is 10.1 Å². The monoisotopic (exact) mass is 465 g/mol. The van der Waals surface area contributed by atoms with Crippen LogP contribution in [0.3, 0.4) is 0 Å². The van der Waals surface area contributed by atoms with Crippen LogP contribution in [0.1, 0.15) is 31.9 Å². The first kappa shape index (κ1) is 21.9. The Morgan fingerprint density at radius 3 is 2.35 bits per heavy atom. The third-order valence-electron chi connectivity index (χ3n) is 5.82. The number of anilines is 1. The lowest BCUT2D eigenvalue weighted by Gasteiger charge is -2.26. The third-order valence-corrected chi connectivity index (χ3v) is 6.95. The SMILES string of the molecule is N#Cc1c(NC(=O)c2ccc(Oc3ccccc3)cc2)sc2c1CCN(Cc1ccccc1)C2. The second-order valence-electron chi connectivity index (χ2n) is 8.16. The topological polar surface area (TPSA) is 65.4 Å². The van der Waals surface area contributed by atoms with Gasteiger partial charge >= 0.3 is 0 Å². The van der Waals surface area contributed by atoms with Crippen molar-refractivity contribution < 1.29 is 9.53 Å². The van der Waals surface area contributed by atoms with Crippen molar-refractivity contribution in [2.24, 2.45) is 0 Å². The number of para-hydroxylation sites is 1. The lowest BCUT2D eigenvalue weighted by Crippen LogP contribution is -2.29. The fraction of sp³-hybridized carbons (Fsp3) is 0.143. The lowest BCUT2D eigenvalue weighted by atomic mass is 10.0. The van der Waals surface area contributed by atoms with Crippen LogP contribution in [0.15, 0.2) is 84.9 Å². The molecule has 1 aliphatic rings. The molecule has 0 spiro atoms. The number of rotatable bonds is 6. The summed E-state index contributed by atoms with van der Waals surface area (Å²) in [4.78, 5) is 16.4. The van der Waals surface area contributed by atoms with Crippen molar-refractivity contribution in [3.8, 4) is 17.6 Å². The summed E-state index contributed by atoms with van der Waals surface area (Å²) < 4.78 is 5.80. The first-order valence-corrected chi connectivity index (χ1v) is 12.0. The number of nitrogens with one attached hydrogen (secondary N) is 1. The zero-order chi connectivity index (χ0) is 23.3. The zero-order valence-electron chi connectivity index (χ0n) is 18.5. The first-order valence-electron chi connectivity index (χ1n) is 11.1. The molecule has 0 atom stereocenters. The van der Waals surface area contributed by atoms with Crippen LogP contribution in [0.25, 0.3) is 0 Å². The molecule has 168 valence electrons. The van der Waals surface area contributed by atoms with Crippen molar-refractivity contribution in [3.05, 3.63) is 112 Å². The van der Waals surface area contributed by atoms with Gasteiger partial charge in [-0.3, -0.25) is 9.69 Å². The van der Waals surface area contributed by atoms with Gasteiger partial charge in [0.2, 0.25) is 0 Å². The maximum Gasteiger partial charge on any atom is 0.256 e. The Bertz CT molecular complexity index is 1330. The van der Waals surface area contributed by atoms with E-state index in [0.29, 0.717) is 21.9 Å². The Labute approximate surface area is 202 Å². The molecule has 1 amide bonds. The van der Waals surface area contributed by atoms with E-state index in [4.69, 9.17) is 4.74 Å². The van der Waals surface area contributed by atoms with Gasteiger partial charge in [0.05, 0.1) is 5.56 Å². The average Bonchev–Trinajstić information content (AvgIpc) is 3.21. The molecule has 6 heteroatoms. The molecule has 5 rings (SSSR count). The van der Waals surface area contributed by atoms with Crippen LogP contribution in [-0.4, -0.2) is 17.4 Å². The van der Waals surface area contributed by atoms with Crippen LogP contribution in [0.5, 0.6) is 11.5 Å². The zero-order valence-corrected chi connectivity index (χ0v) is 19.3. The van der Waals surface area contributed by atoms with Crippen molar-refractivity contribution in [2.45, 2.75) is 19.5 Å². The van der Waals surface area contributed by atoms with Gasteiger partial charge in [0, 0.05) is 30.1 Å². The van der Waals surface area contributed by atoms with E-state index < -0.39 is 0 Å². The molecule has 0 unspecified atom stereocenters. The highest BCUT2D eigenvalue weighted by Crippen LogP contribution is 2.37. The number of nitriles is 1. The number of nitrogens with zero attached hydrogens (tertiary/aromatic N) is 2. The molecule has 1 aromatic heterocycles. The van der Waals surface area contributed by atoms with Gasteiger partial charge in [0.1, 0.15) is 22.6 Å². The molecule has 0 bridgehead atoms. The summed E-state index contributed by atoms with van der Waals surface area (Å²) in [5.74, 6) is 1.16. The highest BCUT2D eigenvalue weighted by Gasteiger charge is 2.25. The molecule has 0 saturated heterocycles. The second-order valence-corrected chi connectivity index (χ2v) is 9.26. The molecule has 5 nitrogen and oxygen atoms in total. The molecule has 0 radical (unpaired) electrons. The molecule has 0 aliphatic carbocycles. The highest BCUT2D eigenvalue weighted by atomic mass is 32.1. The number of hydrogen-bond donors (Lipinski definition) is 1. The van der Waals surface area contributed by atoms with Gasteiger partial charge in [-0.25, -0.2) is 0 Å². The molecule has 0 fully saturated rings. The minimum absolute atomic E-state index is 0.234. The summed E-state index contributed by atoms with van der Waals surface area (Å²) in [5.41, 5.74) is 3.45. The number of fused-ring (bicyclic) bond motifs is 1. The van der Waals surface area contributed by atoms with Crippen LogP contribution in [-0.2, 0) is 19.5 Å². The van der Waals surface area contributed by atoms with Crippen molar-refractivity contribution in [3.63, 3.8) is 0 Å². The molecular weight excluding hydrogens is 442 g/mol. The third kappa shape index (κ3) is 4.86. The summed E-state index contributed by atoms with van der Waals surface area (Å²) in [6, 6.07) is 29.2. The number of carbonyl (C=O) groups is 1. The number of amides is 1. The van der Waals surface area contributed by atoms with Gasteiger partial charge in [-0.1, -0.05) is 48.5 Å². The largest absolute Gasteiger partial charge is 0.457 e. The number of hydrogen-bond acceptors (Lipinski definition) is 5. The Kier molecular flexibility index (Phi) is 6.39. The summed E-state index contributed by atoms with van der Waals surface area (Å²) in [5, 5.41) is 13.4. The van der Waals surface area contributed by atoms with Gasteiger partial charge in [-0.2, -0.15) is 5.26 Å². The molecular formula is C28H23N3O2S. The predicted octanol–water partition coefficient (Wildman–Crippen LogP) is 6.22. The van der Waals surface area contributed by atoms with Crippen LogP contribution < -0.4 is 10.1 Å². The van der Waals surface area contributed by atoms with E-state index >= 15 is 0 Å². The van der Waals surface area contributed by atoms with E-state index in [2.05, 4.69) is 40.6 Å².